The smallest absolute Gasteiger partial charge is 0.216 e. The van der Waals surface area contributed by atoms with Gasteiger partial charge in [-0.05, 0) is 42.4 Å². The number of benzene rings is 2. The Labute approximate surface area is 138 Å². The lowest BCUT2D eigenvalue weighted by Crippen LogP contribution is -1.96. The van der Waals surface area contributed by atoms with Crippen LogP contribution in [-0.4, -0.2) is 21.1 Å². The average molecular weight is 329 g/mol. The number of nitrogens with zero attached hydrogens (tertiary/aromatic N) is 3. The number of aromatic nitrogens is 3. The zero-order valence-electron chi connectivity index (χ0n) is 11.8. The molecular formula is C16H13ClN4S. The van der Waals surface area contributed by atoms with Gasteiger partial charge in [-0.1, -0.05) is 48.0 Å². The number of hydrogen-bond acceptors (Lipinski definition) is 3. The van der Waals surface area contributed by atoms with Crippen molar-refractivity contribution < 1.29 is 0 Å². The van der Waals surface area contributed by atoms with Crippen molar-refractivity contribution >= 4 is 30.0 Å². The number of rotatable bonds is 3. The molecule has 0 atom stereocenters. The molecular weight excluding hydrogens is 316 g/mol. The minimum absolute atomic E-state index is 0.448. The molecule has 4 nitrogen and oxygen atoms in total. The Kier molecular flexibility index (Phi) is 4.18. The highest BCUT2D eigenvalue weighted by Crippen LogP contribution is 2.21. The highest BCUT2D eigenvalue weighted by atomic mass is 35.5. The monoisotopic (exact) mass is 328 g/mol. The maximum absolute atomic E-state index is 5.88. The summed E-state index contributed by atoms with van der Waals surface area (Å²) in [6.07, 6.45) is 1.73. The first-order chi connectivity index (χ1) is 10.6. The molecule has 0 spiro atoms. The fraction of sp³-hybridized carbons (Fsp3) is 0.0625. The normalized spacial score (nSPS) is 11.2. The Morgan fingerprint density at radius 3 is 2.64 bits per heavy atom. The fourth-order valence-electron chi connectivity index (χ4n) is 2.07. The number of H-pyrrole nitrogens is 1. The van der Waals surface area contributed by atoms with Crippen molar-refractivity contribution in [3.8, 4) is 11.4 Å². The van der Waals surface area contributed by atoms with Crippen LogP contribution in [0.25, 0.3) is 11.4 Å². The molecule has 1 heterocycles. The third-order valence-corrected chi connectivity index (χ3v) is 3.74. The highest BCUT2D eigenvalue weighted by molar-refractivity contribution is 7.71. The van der Waals surface area contributed by atoms with Crippen LogP contribution in [0.5, 0.6) is 0 Å². The molecule has 1 aromatic heterocycles. The van der Waals surface area contributed by atoms with Gasteiger partial charge in [-0.15, -0.1) is 0 Å². The molecule has 1 N–H and O–H groups in total. The van der Waals surface area contributed by atoms with Crippen molar-refractivity contribution in [2.75, 3.05) is 0 Å². The van der Waals surface area contributed by atoms with Crippen LogP contribution in [0.3, 0.4) is 0 Å². The van der Waals surface area contributed by atoms with E-state index in [9.17, 15) is 0 Å². The van der Waals surface area contributed by atoms with Gasteiger partial charge in [-0.2, -0.15) is 14.9 Å². The summed E-state index contributed by atoms with van der Waals surface area (Å²) in [7, 11) is 0. The van der Waals surface area contributed by atoms with Gasteiger partial charge in [-0.3, -0.25) is 0 Å². The third-order valence-electron chi connectivity index (χ3n) is 3.23. The van der Waals surface area contributed by atoms with Gasteiger partial charge in [0.05, 0.1) is 6.21 Å². The van der Waals surface area contributed by atoms with Crippen LogP contribution in [0.1, 0.15) is 11.1 Å². The van der Waals surface area contributed by atoms with Gasteiger partial charge in [0.15, 0.2) is 5.82 Å². The first-order valence-corrected chi connectivity index (χ1v) is 7.47. The fourth-order valence-corrected chi connectivity index (χ4v) is 2.38. The molecule has 110 valence electrons. The van der Waals surface area contributed by atoms with E-state index < -0.39 is 0 Å². The summed E-state index contributed by atoms with van der Waals surface area (Å²) in [6.45, 7) is 2.03. The molecule has 0 amide bonds. The number of halogens is 1. The Bertz CT molecular complexity index is 878. The Balaban J connectivity index is 2.02. The van der Waals surface area contributed by atoms with Gasteiger partial charge < -0.3 is 0 Å². The van der Waals surface area contributed by atoms with Crippen LogP contribution in [0.4, 0.5) is 0 Å². The van der Waals surface area contributed by atoms with Crippen molar-refractivity contribution in [3.05, 3.63) is 69.5 Å². The summed E-state index contributed by atoms with van der Waals surface area (Å²) in [5, 5.41) is 12.2. The largest absolute Gasteiger partial charge is 0.250 e. The number of nitrogens with one attached hydrogen (secondary N) is 1. The van der Waals surface area contributed by atoms with Crippen LogP contribution in [0.2, 0.25) is 5.02 Å². The van der Waals surface area contributed by atoms with Crippen LogP contribution >= 0.6 is 23.8 Å². The zero-order valence-corrected chi connectivity index (χ0v) is 13.4. The van der Waals surface area contributed by atoms with E-state index in [1.165, 1.54) is 0 Å². The minimum Gasteiger partial charge on any atom is -0.250 e. The van der Waals surface area contributed by atoms with Crippen molar-refractivity contribution in [1.82, 2.24) is 14.9 Å². The highest BCUT2D eigenvalue weighted by Gasteiger charge is 2.09. The molecule has 0 bridgehead atoms. The third kappa shape index (κ3) is 3.00. The molecule has 3 aromatic rings. The summed E-state index contributed by atoms with van der Waals surface area (Å²) >= 11 is 11.1. The molecule has 22 heavy (non-hydrogen) atoms. The van der Waals surface area contributed by atoms with Crippen LogP contribution in [0, 0.1) is 11.7 Å². The molecule has 0 saturated carbocycles. The van der Waals surface area contributed by atoms with Gasteiger partial charge in [-0.25, -0.2) is 5.10 Å². The predicted molar refractivity (Wildman–Crippen MR) is 92.0 cm³/mol. The first-order valence-electron chi connectivity index (χ1n) is 6.68. The minimum atomic E-state index is 0.448. The van der Waals surface area contributed by atoms with Crippen molar-refractivity contribution in [1.29, 1.82) is 0 Å². The molecule has 0 unspecified atom stereocenters. The predicted octanol–water partition coefficient (Wildman–Crippen LogP) is 4.45. The molecule has 0 aliphatic carbocycles. The van der Waals surface area contributed by atoms with Crippen LogP contribution in [0.15, 0.2) is 53.6 Å². The maximum Gasteiger partial charge on any atom is 0.216 e. The molecule has 0 aliphatic heterocycles. The van der Waals surface area contributed by atoms with Gasteiger partial charge >= 0.3 is 0 Å². The van der Waals surface area contributed by atoms with E-state index in [-0.39, 0.29) is 0 Å². The van der Waals surface area contributed by atoms with Crippen LogP contribution < -0.4 is 0 Å². The van der Waals surface area contributed by atoms with E-state index in [0.29, 0.717) is 15.6 Å². The Hall–Kier alpha value is -2.24. The quantitative estimate of drug-likeness (QED) is 0.570. The Morgan fingerprint density at radius 2 is 1.91 bits per heavy atom. The number of aromatic amines is 1. The summed E-state index contributed by atoms with van der Waals surface area (Å²) in [5.74, 6) is 0.688. The van der Waals surface area contributed by atoms with Crippen LogP contribution in [-0.2, 0) is 0 Å². The van der Waals surface area contributed by atoms with E-state index in [0.717, 1.165) is 16.7 Å². The Morgan fingerprint density at radius 1 is 1.18 bits per heavy atom. The molecule has 6 heteroatoms. The lowest BCUT2D eigenvalue weighted by Gasteiger charge is -2.04. The van der Waals surface area contributed by atoms with E-state index in [1.807, 2.05) is 55.5 Å². The first kappa shape index (κ1) is 14.7. The zero-order chi connectivity index (χ0) is 15.5. The number of hydrogen-bond donors (Lipinski definition) is 1. The van der Waals surface area contributed by atoms with Gasteiger partial charge in [0.2, 0.25) is 4.77 Å². The molecule has 0 radical (unpaired) electrons. The topological polar surface area (TPSA) is 46.0 Å². The molecule has 3 rings (SSSR count). The summed E-state index contributed by atoms with van der Waals surface area (Å²) in [5.41, 5.74) is 3.03. The van der Waals surface area contributed by atoms with Crippen molar-refractivity contribution in [3.63, 3.8) is 0 Å². The summed E-state index contributed by atoms with van der Waals surface area (Å²) < 4.78 is 2.06. The van der Waals surface area contributed by atoms with E-state index in [2.05, 4.69) is 15.3 Å². The average Bonchev–Trinajstić information content (AvgIpc) is 2.88. The molecule has 0 saturated heterocycles. The standard InChI is InChI=1S/C16H13ClN4S/c1-11-4-2-3-5-14(11)15-19-20-16(22)21(15)18-10-12-6-8-13(17)9-7-12/h2-10H,1H3,(H,20,22). The lowest BCUT2D eigenvalue weighted by atomic mass is 10.1. The van der Waals surface area contributed by atoms with Gasteiger partial charge in [0.1, 0.15) is 0 Å². The lowest BCUT2D eigenvalue weighted by molar-refractivity contribution is 0.871. The van der Waals surface area contributed by atoms with E-state index in [1.54, 1.807) is 10.9 Å². The van der Waals surface area contributed by atoms with Gasteiger partial charge in [0.25, 0.3) is 0 Å². The van der Waals surface area contributed by atoms with E-state index in [4.69, 9.17) is 23.8 Å². The van der Waals surface area contributed by atoms with Crippen molar-refractivity contribution in [2.45, 2.75) is 6.92 Å². The molecule has 2 aromatic carbocycles. The molecule has 0 fully saturated rings. The van der Waals surface area contributed by atoms with Gasteiger partial charge in [0, 0.05) is 10.6 Å². The van der Waals surface area contributed by atoms with Crippen molar-refractivity contribution in [2.24, 2.45) is 5.10 Å². The maximum atomic E-state index is 5.88. The SMILES string of the molecule is Cc1ccccc1-c1n[nH]c(=S)n1N=Cc1ccc(Cl)cc1. The van der Waals surface area contributed by atoms with E-state index >= 15 is 0 Å². The summed E-state index contributed by atoms with van der Waals surface area (Å²) in [6, 6.07) is 15.4. The molecule has 0 aliphatic rings. The number of aryl methyl sites for hydroxylation is 1. The second-order valence-corrected chi connectivity index (χ2v) is 5.60. The summed E-state index contributed by atoms with van der Waals surface area (Å²) in [4.78, 5) is 0. The second-order valence-electron chi connectivity index (χ2n) is 4.78. The second kappa shape index (κ2) is 6.25.